The number of rotatable bonds is 5. The van der Waals surface area contributed by atoms with E-state index in [2.05, 4.69) is 15.3 Å². The molecule has 17 heteroatoms. The average Bonchev–Trinajstić information content (AvgIpc) is 3.53. The number of piperazine rings is 1. The fourth-order valence-corrected chi connectivity index (χ4v) is 8.72. The van der Waals surface area contributed by atoms with Crippen molar-refractivity contribution in [1.82, 2.24) is 14.9 Å². The number of methoxy groups -OCH3 is 1. The Balaban J connectivity index is 1.48. The number of phenolic OH excluding ortho intramolecular Hbond substituents is 3. The zero-order chi connectivity index (χ0) is 46.1. The fraction of sp³-hybridized carbons (Fsp3) is 0.500. The number of hydrogen-bond donors (Lipinski definition) is 6. The molecule has 0 saturated carbocycles. The van der Waals surface area contributed by atoms with Crippen LogP contribution in [0.2, 0.25) is 0 Å². The second kappa shape index (κ2) is 18.9. The van der Waals surface area contributed by atoms with Gasteiger partial charge < -0.3 is 54.7 Å². The largest absolute Gasteiger partial charge is 0.507 e. The number of benzene rings is 2. The number of anilines is 2. The van der Waals surface area contributed by atoms with E-state index >= 15 is 0 Å². The number of aliphatic hydroxyl groups excluding tert-OH is 2. The number of carbonyl (C=O) groups excluding carboxylic acids is 3. The third-order valence-corrected chi connectivity index (χ3v) is 12.7. The minimum Gasteiger partial charge on any atom is -0.507 e. The molecule has 9 atom stereocenters. The highest BCUT2D eigenvalue weighted by Gasteiger charge is 2.50. The number of ether oxygens (including phenoxy) is 4. The first-order valence-electron chi connectivity index (χ1n) is 21.1. The van der Waals surface area contributed by atoms with E-state index in [1.54, 1.807) is 65.2 Å². The molecule has 4 aliphatic rings. The molecule has 2 aromatic carbocycles. The predicted octanol–water partition coefficient (Wildman–Crippen LogP) is 4.87. The Morgan fingerprint density at radius 2 is 1.59 bits per heavy atom. The van der Waals surface area contributed by atoms with Gasteiger partial charge in [0.05, 0.1) is 41.2 Å². The van der Waals surface area contributed by atoms with Crippen molar-refractivity contribution >= 4 is 40.1 Å². The van der Waals surface area contributed by atoms with E-state index in [-0.39, 0.29) is 51.0 Å². The Morgan fingerprint density at radius 1 is 0.921 bits per heavy atom. The highest BCUT2D eigenvalue weighted by molar-refractivity contribution is 6.22. The molecule has 1 aromatic heterocycles. The Labute approximate surface area is 366 Å². The molecular formula is C46H59N5O12. The van der Waals surface area contributed by atoms with Gasteiger partial charge in [0.15, 0.2) is 5.75 Å². The predicted molar refractivity (Wildman–Crippen MR) is 233 cm³/mol. The summed E-state index contributed by atoms with van der Waals surface area (Å²) in [5.74, 6) is -7.54. The third-order valence-electron chi connectivity index (χ3n) is 12.7. The van der Waals surface area contributed by atoms with Crippen molar-refractivity contribution in [1.29, 1.82) is 0 Å². The van der Waals surface area contributed by atoms with Crippen LogP contribution in [0, 0.1) is 30.6 Å². The SMILES string of the molecule is CO[C@H]1/C=C/O[C@@]2(C)Oc3c(C)c(O)c4c(O)c(c(CN5CCN(c6ncccn6)CC5)c(O)c4c3C2=O)NC(=O)/C(C)=C\C=C\[C@H](C)[C@H](O)[C@@H](C)[C@@H](O)[C@@H](C)[C@H](OC(C)=O)[C@@H]1C. The maximum atomic E-state index is 14.6. The summed E-state index contributed by atoms with van der Waals surface area (Å²) in [6.07, 6.45) is 6.95. The first kappa shape index (κ1) is 46.7. The summed E-state index contributed by atoms with van der Waals surface area (Å²) in [6.45, 7) is 14.6. The zero-order valence-electron chi connectivity index (χ0n) is 37.2. The van der Waals surface area contributed by atoms with Gasteiger partial charge in [-0.05, 0) is 26.0 Å². The number of aromatic hydroxyl groups is 3. The van der Waals surface area contributed by atoms with E-state index in [1.165, 1.54) is 46.3 Å². The van der Waals surface area contributed by atoms with Crippen LogP contribution in [0.1, 0.15) is 70.0 Å². The van der Waals surface area contributed by atoms with E-state index in [1.807, 2.05) is 9.80 Å². The van der Waals surface area contributed by atoms with E-state index in [0.29, 0.717) is 32.1 Å². The molecule has 340 valence electrons. The number of fused-ring (bicyclic) bond motifs is 14. The Kier molecular flexibility index (Phi) is 14.0. The highest BCUT2D eigenvalue weighted by Crippen LogP contribution is 2.55. The first-order chi connectivity index (χ1) is 29.8. The molecule has 1 amide bonds. The van der Waals surface area contributed by atoms with Crippen molar-refractivity contribution in [2.45, 2.75) is 92.1 Å². The van der Waals surface area contributed by atoms with Crippen molar-refractivity contribution in [3.8, 4) is 23.0 Å². The summed E-state index contributed by atoms with van der Waals surface area (Å²) in [6, 6.07) is 1.73. The van der Waals surface area contributed by atoms with Gasteiger partial charge in [-0.25, -0.2) is 9.97 Å². The summed E-state index contributed by atoms with van der Waals surface area (Å²) in [4.78, 5) is 53.6. The summed E-state index contributed by atoms with van der Waals surface area (Å²) in [7, 11) is 1.44. The lowest BCUT2D eigenvalue weighted by Crippen LogP contribution is -2.46. The van der Waals surface area contributed by atoms with Crippen molar-refractivity contribution in [3.63, 3.8) is 0 Å². The van der Waals surface area contributed by atoms with E-state index in [9.17, 15) is 39.9 Å². The van der Waals surface area contributed by atoms with Gasteiger partial charge in [-0.3, -0.25) is 19.3 Å². The number of carbonyl (C=O) groups is 3. The van der Waals surface area contributed by atoms with Gasteiger partial charge >= 0.3 is 11.8 Å². The molecule has 5 heterocycles. The van der Waals surface area contributed by atoms with Crippen LogP contribution < -0.4 is 15.0 Å². The Bertz CT molecular complexity index is 2310. The molecule has 3 aromatic rings. The lowest BCUT2D eigenvalue weighted by molar-refractivity contribution is -0.160. The van der Waals surface area contributed by atoms with Gasteiger partial charge in [0.1, 0.15) is 23.4 Å². The number of allylic oxidation sites excluding steroid dienone is 2. The molecule has 0 radical (unpaired) electrons. The molecule has 4 aliphatic heterocycles. The second-order valence-electron chi connectivity index (χ2n) is 17.0. The standard InChI is InChI=1S/C46H59N5O12/c1-23-12-10-13-24(2)44(59)49-35-30(22-50-17-19-51(20-18-50)45-47-15-11-16-48-45)39(56)32-33(40(35)57)38(55)28(6)42-34(32)43(58)46(8,63-42)61-21-14-31(60-9)25(3)41(62-29(7)52)27(5)37(54)26(4)36(23)53/h10-16,21,23,25-27,31,36-37,41,53-57H,17-20,22H2,1-9H3,(H,49,59)/b12-10+,21-14+,24-13-/t23-,25+,26+,27+,31-,36-,37+,41+,46-/m0/s1. The third kappa shape index (κ3) is 9.19. The lowest BCUT2D eigenvalue weighted by Gasteiger charge is -2.38. The number of aromatic nitrogens is 2. The quantitative estimate of drug-likeness (QED) is 0.114. The van der Waals surface area contributed by atoms with Gasteiger partial charge in [-0.2, -0.15) is 0 Å². The average molecular weight is 874 g/mol. The van der Waals surface area contributed by atoms with Crippen LogP contribution >= 0.6 is 0 Å². The lowest BCUT2D eigenvalue weighted by atomic mass is 9.78. The van der Waals surface area contributed by atoms with E-state index in [0.717, 1.165) is 0 Å². The zero-order valence-corrected chi connectivity index (χ0v) is 37.2. The van der Waals surface area contributed by atoms with Crippen LogP contribution in [0.25, 0.3) is 10.8 Å². The molecule has 0 unspecified atom stereocenters. The summed E-state index contributed by atoms with van der Waals surface area (Å²) >= 11 is 0. The normalized spacial score (nSPS) is 30.6. The van der Waals surface area contributed by atoms with Crippen LogP contribution in [0.3, 0.4) is 0 Å². The molecule has 1 saturated heterocycles. The first-order valence-corrected chi connectivity index (χ1v) is 21.1. The topological polar surface area (TPSA) is 234 Å². The second-order valence-corrected chi connectivity index (χ2v) is 17.0. The van der Waals surface area contributed by atoms with Gasteiger partial charge in [0.2, 0.25) is 5.95 Å². The van der Waals surface area contributed by atoms with Gasteiger partial charge in [0, 0.05) is 112 Å². The summed E-state index contributed by atoms with van der Waals surface area (Å²) in [5, 5.41) is 61.4. The Morgan fingerprint density at radius 3 is 2.22 bits per heavy atom. The Hall–Kier alpha value is -5.75. The van der Waals surface area contributed by atoms with Crippen molar-refractivity contribution in [2.24, 2.45) is 23.7 Å². The van der Waals surface area contributed by atoms with Gasteiger partial charge in [-0.1, -0.05) is 45.9 Å². The minimum absolute atomic E-state index is 0.00897. The highest BCUT2D eigenvalue weighted by atomic mass is 16.7. The van der Waals surface area contributed by atoms with Crippen molar-refractivity contribution in [3.05, 3.63) is 71.3 Å². The number of ketones is 1. The van der Waals surface area contributed by atoms with Crippen molar-refractivity contribution < 1.29 is 58.9 Å². The molecule has 0 spiro atoms. The van der Waals surface area contributed by atoms with Crippen LogP contribution in [0.15, 0.2) is 54.6 Å². The number of aliphatic hydroxyl groups is 2. The van der Waals surface area contributed by atoms with E-state index < -0.39 is 88.8 Å². The number of hydrogen-bond acceptors (Lipinski definition) is 16. The number of nitrogens with one attached hydrogen (secondary N) is 1. The summed E-state index contributed by atoms with van der Waals surface area (Å²) < 4.78 is 23.7. The molecule has 6 N–H and O–H groups in total. The van der Waals surface area contributed by atoms with Crippen molar-refractivity contribution in [2.75, 3.05) is 43.5 Å². The van der Waals surface area contributed by atoms with Crippen LogP contribution in [-0.4, -0.2) is 122 Å². The number of Topliss-reactive ketones (excluding diaryl/α,β-unsaturated/α-hetero) is 1. The number of amides is 1. The van der Waals surface area contributed by atoms with Gasteiger partial charge in [-0.15, -0.1) is 0 Å². The number of esters is 1. The van der Waals surface area contributed by atoms with E-state index in [4.69, 9.17) is 18.9 Å². The molecular weight excluding hydrogens is 815 g/mol. The number of nitrogens with zero attached hydrogens (tertiary/aromatic N) is 4. The van der Waals surface area contributed by atoms with Crippen LogP contribution in [0.4, 0.5) is 11.6 Å². The molecule has 7 rings (SSSR count). The van der Waals surface area contributed by atoms with Crippen LogP contribution in [0.5, 0.6) is 23.0 Å². The summed E-state index contributed by atoms with van der Waals surface area (Å²) in [5.41, 5.74) is 0.0278. The molecule has 0 aliphatic carbocycles. The number of phenols is 3. The molecule has 17 nitrogen and oxygen atoms in total. The fourth-order valence-electron chi connectivity index (χ4n) is 8.72. The smallest absolute Gasteiger partial charge is 0.312 e. The molecule has 5 bridgehead atoms. The molecule has 1 fully saturated rings. The maximum Gasteiger partial charge on any atom is 0.312 e. The minimum atomic E-state index is -2.04. The molecule has 63 heavy (non-hydrogen) atoms. The van der Waals surface area contributed by atoms with Gasteiger partial charge in [0.25, 0.3) is 11.7 Å². The van der Waals surface area contributed by atoms with Crippen LogP contribution in [-0.2, 0) is 30.3 Å². The maximum absolute atomic E-state index is 14.6. The monoisotopic (exact) mass is 873 g/mol.